The first-order valence-electron chi connectivity index (χ1n) is 23.6. The molecule has 2 amide bonds. The number of carbonyl (C=O) groups excluding carboxylic acids is 5. The fraction of sp³-hybridized carbons (Fsp3) is 0.646. The lowest BCUT2D eigenvalue weighted by Gasteiger charge is -2.58. The number of ether oxygens (including phenoxy) is 10. The van der Waals surface area contributed by atoms with E-state index in [1.807, 2.05) is 19.9 Å². The van der Waals surface area contributed by atoms with E-state index < -0.39 is 114 Å². The summed E-state index contributed by atoms with van der Waals surface area (Å²) in [7, 11) is 0. The Balaban J connectivity index is 1.08. The summed E-state index contributed by atoms with van der Waals surface area (Å²) in [5, 5.41) is 46.3. The van der Waals surface area contributed by atoms with Gasteiger partial charge in [-0.2, -0.15) is 0 Å². The monoisotopic (exact) mass is 987 g/mol. The van der Waals surface area contributed by atoms with Crippen LogP contribution in [0, 0.1) is 16.7 Å². The zero-order valence-corrected chi connectivity index (χ0v) is 39.5. The van der Waals surface area contributed by atoms with Gasteiger partial charge in [-0.05, 0) is 49.8 Å². The number of cyclic esters (lactones) is 2. The van der Waals surface area contributed by atoms with E-state index >= 15 is 0 Å². The fourth-order valence-electron chi connectivity index (χ4n) is 10.1. The lowest BCUT2D eigenvalue weighted by molar-refractivity contribution is -0.277. The molecular formula is C48H65N3O19. The molecular weight excluding hydrogens is 923 g/mol. The summed E-state index contributed by atoms with van der Waals surface area (Å²) in [5.74, 6) is -3.36. The van der Waals surface area contributed by atoms with E-state index in [2.05, 4.69) is 10.6 Å². The Labute approximate surface area is 404 Å². The Morgan fingerprint density at radius 3 is 2.40 bits per heavy atom. The molecule has 70 heavy (non-hydrogen) atoms. The molecule has 6 aliphatic rings. The first-order chi connectivity index (χ1) is 33.5. The van der Waals surface area contributed by atoms with Gasteiger partial charge in [0.25, 0.3) is 0 Å². The average molecular weight is 988 g/mol. The number of benzene rings is 1. The maximum Gasteiger partial charge on any atom is 0.408 e. The first kappa shape index (κ1) is 52.8. The number of alkyl carbamates (subject to hydrolysis) is 1. The minimum atomic E-state index is -1.76. The summed E-state index contributed by atoms with van der Waals surface area (Å²) in [6.07, 6.45) is -1.90. The molecule has 2 aliphatic carbocycles. The summed E-state index contributed by atoms with van der Waals surface area (Å²) >= 11 is 0. The van der Waals surface area contributed by atoms with Crippen molar-refractivity contribution in [1.29, 1.82) is 0 Å². The highest BCUT2D eigenvalue weighted by Crippen LogP contribution is 2.72. The van der Waals surface area contributed by atoms with Crippen LogP contribution in [0.2, 0.25) is 0 Å². The zero-order valence-electron chi connectivity index (χ0n) is 39.5. The molecule has 3 saturated heterocycles. The highest BCUT2D eigenvalue weighted by molar-refractivity contribution is 5.92. The van der Waals surface area contributed by atoms with Gasteiger partial charge in [0.1, 0.15) is 61.1 Å². The summed E-state index contributed by atoms with van der Waals surface area (Å²) in [5.41, 5.74) is 4.32. The van der Waals surface area contributed by atoms with Gasteiger partial charge < -0.3 is 84.2 Å². The van der Waals surface area contributed by atoms with Gasteiger partial charge in [0, 0.05) is 30.5 Å². The predicted octanol–water partition coefficient (Wildman–Crippen LogP) is 0.604. The van der Waals surface area contributed by atoms with Crippen molar-refractivity contribution in [2.45, 2.75) is 120 Å². The van der Waals surface area contributed by atoms with Crippen LogP contribution in [0.25, 0.3) is 0 Å². The van der Waals surface area contributed by atoms with Crippen LogP contribution in [0.4, 0.5) is 10.5 Å². The Morgan fingerprint density at radius 2 is 1.67 bits per heavy atom. The van der Waals surface area contributed by atoms with Gasteiger partial charge in [-0.1, -0.05) is 43.7 Å². The standard InChI is InChI=1S/C48H65N3O19/c1-27-10-13-47-25-65-43(59)39(28(2)11-16-63-37(54)6-4-5-7-38(55)70-33-22-35(69-34(47)20-27)48(26-66-48)46(33,47)3)51-45(60)64-24-29-8-9-31(67-44-42(58)41(57)40(56)32(23-52)68-44)30(21-29)50-36(53)12-15-61-18-19-62-17-14-49/h4-9,20-21,28,32-35,39-42,44,52,56-58H,10-19,22-26,49H2,1-3H3,(H,50,53)(H,51,60)/b6-4+,7-5-/t28-,32-,33-,34-,35-,39-,40-,41+,42-,44-,46-,47-,48+/m1/s1. The molecule has 4 aliphatic heterocycles. The van der Waals surface area contributed by atoms with Crippen LogP contribution in [-0.2, 0) is 68.4 Å². The number of hydrogen-bond donors (Lipinski definition) is 7. The predicted molar refractivity (Wildman–Crippen MR) is 241 cm³/mol. The molecule has 386 valence electrons. The van der Waals surface area contributed by atoms with Gasteiger partial charge in [-0.3, -0.25) is 4.79 Å². The molecule has 8 N–H and O–H groups in total. The molecule has 2 spiro atoms. The molecule has 22 heteroatoms. The highest BCUT2D eigenvalue weighted by Gasteiger charge is 2.83. The van der Waals surface area contributed by atoms with Crippen molar-refractivity contribution >= 4 is 35.6 Å². The minimum absolute atomic E-state index is 0.0276. The highest BCUT2D eigenvalue weighted by atomic mass is 16.7. The van der Waals surface area contributed by atoms with Crippen molar-refractivity contribution in [2.24, 2.45) is 22.5 Å². The second-order valence-corrected chi connectivity index (χ2v) is 18.7. The molecule has 0 radical (unpaired) electrons. The van der Waals surface area contributed by atoms with Crippen molar-refractivity contribution in [1.82, 2.24) is 5.32 Å². The third-order valence-corrected chi connectivity index (χ3v) is 14.3. The van der Waals surface area contributed by atoms with Crippen LogP contribution in [0.5, 0.6) is 5.75 Å². The van der Waals surface area contributed by atoms with Crippen LogP contribution < -0.4 is 21.1 Å². The third kappa shape index (κ3) is 11.4. The number of carbonyl (C=O) groups is 5. The molecule has 1 aromatic carbocycles. The lowest BCUT2D eigenvalue weighted by atomic mass is 9.51. The molecule has 22 nitrogen and oxygen atoms in total. The van der Waals surface area contributed by atoms with E-state index in [1.54, 1.807) is 6.92 Å². The summed E-state index contributed by atoms with van der Waals surface area (Å²) in [6.45, 7) is 5.90. The van der Waals surface area contributed by atoms with Crippen molar-refractivity contribution in [3.05, 3.63) is 59.7 Å². The fourth-order valence-corrected chi connectivity index (χ4v) is 10.1. The number of amides is 2. The topological polar surface area (TPSA) is 312 Å². The SMILES string of the molecule is CC1=C[C@H]2O[C@@H]3C[C@H]4OC(=O)/C=C\C=C\C(=O)OCC[C@@H](C)[C@@H](NC(=O)OCc5ccc(O[C@@H]6O[C@H](CO)[C@@H](O)[C@H](O)[C@H]6O)c(NC(=O)CCOCCOCCN)c5)C(=O)OC[C@@]2(CC1)[C@]4(C)[C@]31CO1. The Bertz CT molecular complexity index is 2150. The maximum atomic E-state index is 14.4. The van der Waals surface area contributed by atoms with Crippen LogP contribution >= 0.6 is 0 Å². The number of rotatable bonds is 15. The smallest absolute Gasteiger partial charge is 0.408 e. The van der Waals surface area contributed by atoms with Crippen LogP contribution in [0.15, 0.2) is 54.2 Å². The third-order valence-electron chi connectivity index (χ3n) is 14.3. The van der Waals surface area contributed by atoms with Crippen molar-refractivity contribution in [2.75, 3.05) is 64.7 Å². The zero-order chi connectivity index (χ0) is 50.2. The quantitative estimate of drug-likeness (QED) is 0.0416. The Hall–Kier alpha value is -5.01. The number of hydrogen-bond acceptors (Lipinski definition) is 20. The normalized spacial score (nSPS) is 36.2. The molecule has 0 aromatic heterocycles. The first-order valence-corrected chi connectivity index (χ1v) is 23.6. The number of nitrogens with two attached hydrogens (primary N) is 1. The van der Waals surface area contributed by atoms with Crippen LogP contribution in [-0.4, -0.2) is 170 Å². The van der Waals surface area contributed by atoms with Crippen LogP contribution in [0.1, 0.15) is 58.4 Å². The lowest BCUT2D eigenvalue weighted by Crippen LogP contribution is -2.67. The van der Waals surface area contributed by atoms with Gasteiger partial charge in [0.15, 0.2) is 0 Å². The molecule has 0 unspecified atom stereocenters. The molecule has 4 fully saturated rings. The van der Waals surface area contributed by atoms with E-state index in [4.69, 9.17) is 53.1 Å². The number of aliphatic hydroxyl groups excluding tert-OH is 4. The second kappa shape index (κ2) is 23.0. The van der Waals surface area contributed by atoms with E-state index in [0.29, 0.717) is 44.6 Å². The minimum Gasteiger partial charge on any atom is -0.463 e. The Kier molecular flexibility index (Phi) is 17.4. The number of aliphatic hydroxyl groups is 4. The van der Waals surface area contributed by atoms with E-state index in [0.717, 1.165) is 11.6 Å². The van der Waals surface area contributed by atoms with Crippen molar-refractivity contribution in [3.63, 3.8) is 0 Å². The number of anilines is 1. The number of epoxide rings is 1. The van der Waals surface area contributed by atoms with Crippen molar-refractivity contribution < 1.29 is 91.8 Å². The largest absolute Gasteiger partial charge is 0.463 e. The molecule has 7 rings (SSSR count). The van der Waals surface area contributed by atoms with Crippen LogP contribution in [0.3, 0.4) is 0 Å². The van der Waals surface area contributed by atoms with Crippen molar-refractivity contribution in [3.8, 4) is 5.75 Å². The second-order valence-electron chi connectivity index (χ2n) is 18.7. The molecule has 13 atom stereocenters. The number of nitrogens with one attached hydrogen (secondary N) is 2. The van der Waals surface area contributed by atoms with E-state index in [9.17, 15) is 44.4 Å². The van der Waals surface area contributed by atoms with Gasteiger partial charge in [-0.25, -0.2) is 19.2 Å². The van der Waals surface area contributed by atoms with Gasteiger partial charge >= 0.3 is 24.0 Å². The van der Waals surface area contributed by atoms with Gasteiger partial charge in [0.2, 0.25) is 12.2 Å². The molecule has 2 bridgehead atoms. The summed E-state index contributed by atoms with van der Waals surface area (Å²) in [4.78, 5) is 66.9. The summed E-state index contributed by atoms with van der Waals surface area (Å²) < 4.78 is 58.4. The number of esters is 3. The molecule has 1 saturated carbocycles. The van der Waals surface area contributed by atoms with E-state index in [1.165, 1.54) is 36.4 Å². The Morgan fingerprint density at radius 1 is 0.929 bits per heavy atom. The average Bonchev–Trinajstić information content (AvgIpc) is 4.12. The number of allylic oxidation sites excluding steroid dienone is 3. The molecule has 4 heterocycles. The van der Waals surface area contributed by atoms with E-state index in [-0.39, 0.29) is 63.4 Å². The summed E-state index contributed by atoms with van der Waals surface area (Å²) in [6, 6.07) is 2.98. The van der Waals surface area contributed by atoms with Gasteiger partial charge in [-0.15, -0.1) is 0 Å². The van der Waals surface area contributed by atoms with Gasteiger partial charge in [0.05, 0.1) is 76.0 Å². The maximum absolute atomic E-state index is 14.4. The molecule has 1 aromatic rings.